The van der Waals surface area contributed by atoms with E-state index >= 15 is 0 Å². The molecular weight excluding hydrogens is 289 g/mol. The monoisotopic (exact) mass is 307 g/mol. The summed E-state index contributed by atoms with van der Waals surface area (Å²) < 4.78 is 19.4. The average molecular weight is 308 g/mol. The second-order valence-electron chi connectivity index (χ2n) is 5.30. The van der Waals surface area contributed by atoms with Crippen molar-refractivity contribution in [3.8, 4) is 11.5 Å². The topological polar surface area (TPSA) is 21.3 Å². The van der Waals surface area contributed by atoms with Crippen molar-refractivity contribution in [2.45, 2.75) is 33.4 Å². The first kappa shape index (κ1) is 15.8. The number of rotatable bonds is 5. The molecule has 0 radical (unpaired) electrons. The van der Waals surface area contributed by atoms with Crippen molar-refractivity contribution in [1.82, 2.24) is 5.32 Å². The highest BCUT2D eigenvalue weighted by Crippen LogP contribution is 2.29. The van der Waals surface area contributed by atoms with E-state index in [2.05, 4.69) is 19.2 Å². The van der Waals surface area contributed by atoms with Crippen LogP contribution in [0.3, 0.4) is 0 Å². The van der Waals surface area contributed by atoms with Crippen LogP contribution in [0.4, 0.5) is 4.39 Å². The van der Waals surface area contributed by atoms with Gasteiger partial charge in [-0.3, -0.25) is 0 Å². The molecule has 1 N–H and O–H groups in total. The average Bonchev–Trinajstić information content (AvgIpc) is 2.42. The van der Waals surface area contributed by atoms with Gasteiger partial charge in [-0.15, -0.1) is 0 Å². The standard InChI is InChI=1S/C17H19ClFNO/c1-11(2)20-10-13-5-6-14(18)8-17(13)21-15-7-4-12(3)16(19)9-15/h4-9,11,20H,10H2,1-3H3. The van der Waals surface area contributed by atoms with Gasteiger partial charge in [-0.2, -0.15) is 0 Å². The molecule has 2 rings (SSSR count). The van der Waals surface area contributed by atoms with E-state index < -0.39 is 0 Å². The maximum Gasteiger partial charge on any atom is 0.133 e. The Morgan fingerprint density at radius 1 is 1.19 bits per heavy atom. The highest BCUT2D eigenvalue weighted by molar-refractivity contribution is 6.30. The van der Waals surface area contributed by atoms with Crippen LogP contribution in [0.25, 0.3) is 0 Å². The number of ether oxygens (including phenoxy) is 1. The molecule has 0 aromatic heterocycles. The van der Waals surface area contributed by atoms with Gasteiger partial charge in [0.2, 0.25) is 0 Å². The SMILES string of the molecule is Cc1ccc(Oc2cc(Cl)ccc2CNC(C)C)cc1F. The van der Waals surface area contributed by atoms with Crippen molar-refractivity contribution in [3.63, 3.8) is 0 Å². The van der Waals surface area contributed by atoms with Crippen molar-refractivity contribution in [2.75, 3.05) is 0 Å². The maximum absolute atomic E-state index is 13.6. The number of halogens is 2. The summed E-state index contributed by atoms with van der Waals surface area (Å²) in [5.74, 6) is 0.821. The second-order valence-corrected chi connectivity index (χ2v) is 5.74. The Morgan fingerprint density at radius 3 is 2.62 bits per heavy atom. The van der Waals surface area contributed by atoms with Gasteiger partial charge in [0, 0.05) is 29.2 Å². The van der Waals surface area contributed by atoms with Crippen LogP contribution in [0.5, 0.6) is 11.5 Å². The normalized spacial score (nSPS) is 11.0. The molecule has 2 nitrogen and oxygen atoms in total. The van der Waals surface area contributed by atoms with Crippen LogP contribution >= 0.6 is 11.6 Å². The summed E-state index contributed by atoms with van der Waals surface area (Å²) in [5, 5.41) is 3.92. The van der Waals surface area contributed by atoms with E-state index in [0.717, 1.165) is 5.56 Å². The third-order valence-corrected chi connectivity index (χ3v) is 3.34. The van der Waals surface area contributed by atoms with E-state index in [1.54, 1.807) is 25.1 Å². The van der Waals surface area contributed by atoms with Crippen molar-refractivity contribution < 1.29 is 9.13 Å². The van der Waals surface area contributed by atoms with E-state index in [9.17, 15) is 4.39 Å². The van der Waals surface area contributed by atoms with Crippen LogP contribution < -0.4 is 10.1 Å². The minimum Gasteiger partial charge on any atom is -0.457 e. The molecule has 0 amide bonds. The molecule has 0 unspecified atom stereocenters. The molecule has 21 heavy (non-hydrogen) atoms. The lowest BCUT2D eigenvalue weighted by Crippen LogP contribution is -2.22. The van der Waals surface area contributed by atoms with E-state index in [1.807, 2.05) is 12.1 Å². The highest BCUT2D eigenvalue weighted by atomic mass is 35.5. The molecule has 0 fully saturated rings. The molecular formula is C17H19ClFNO. The van der Waals surface area contributed by atoms with E-state index in [4.69, 9.17) is 16.3 Å². The fourth-order valence-electron chi connectivity index (χ4n) is 1.85. The van der Waals surface area contributed by atoms with E-state index in [0.29, 0.717) is 34.7 Å². The largest absolute Gasteiger partial charge is 0.457 e. The third kappa shape index (κ3) is 4.45. The first-order chi connectivity index (χ1) is 9.95. The van der Waals surface area contributed by atoms with Gasteiger partial charge in [-0.05, 0) is 30.7 Å². The molecule has 0 saturated carbocycles. The molecule has 0 heterocycles. The number of hydrogen-bond acceptors (Lipinski definition) is 2. The minimum atomic E-state index is -0.281. The lowest BCUT2D eigenvalue weighted by Gasteiger charge is -2.14. The Morgan fingerprint density at radius 2 is 1.95 bits per heavy atom. The van der Waals surface area contributed by atoms with E-state index in [1.165, 1.54) is 6.07 Å². The zero-order valence-electron chi connectivity index (χ0n) is 12.4. The van der Waals surface area contributed by atoms with E-state index in [-0.39, 0.29) is 5.82 Å². The summed E-state index contributed by atoms with van der Waals surface area (Å²) in [6.45, 7) is 6.53. The molecule has 2 aromatic carbocycles. The van der Waals surface area contributed by atoms with Crippen LogP contribution in [-0.2, 0) is 6.54 Å². The Kier molecular flexibility index (Phi) is 5.21. The summed E-state index contributed by atoms with van der Waals surface area (Å²) in [6.07, 6.45) is 0. The van der Waals surface area contributed by atoms with Gasteiger partial charge in [0.15, 0.2) is 0 Å². The molecule has 112 valence electrons. The van der Waals surface area contributed by atoms with Gasteiger partial charge in [-0.1, -0.05) is 37.6 Å². The molecule has 4 heteroatoms. The van der Waals surface area contributed by atoms with Crippen molar-refractivity contribution in [1.29, 1.82) is 0 Å². The molecule has 0 aliphatic rings. The minimum absolute atomic E-state index is 0.281. The Balaban J connectivity index is 2.24. The Hall–Kier alpha value is -1.58. The van der Waals surface area contributed by atoms with Gasteiger partial charge >= 0.3 is 0 Å². The predicted octanol–water partition coefficient (Wildman–Crippen LogP) is 5.08. The molecule has 0 bridgehead atoms. The molecule has 0 spiro atoms. The quantitative estimate of drug-likeness (QED) is 0.832. The number of hydrogen-bond donors (Lipinski definition) is 1. The van der Waals surface area contributed by atoms with Crippen LogP contribution in [0.2, 0.25) is 5.02 Å². The lowest BCUT2D eigenvalue weighted by molar-refractivity contribution is 0.464. The smallest absolute Gasteiger partial charge is 0.133 e. The van der Waals surface area contributed by atoms with Crippen molar-refractivity contribution >= 4 is 11.6 Å². The fourth-order valence-corrected chi connectivity index (χ4v) is 2.01. The Labute approximate surface area is 129 Å². The van der Waals surface area contributed by atoms with Gasteiger partial charge in [0.25, 0.3) is 0 Å². The second kappa shape index (κ2) is 6.92. The third-order valence-electron chi connectivity index (χ3n) is 3.10. The predicted molar refractivity (Wildman–Crippen MR) is 84.6 cm³/mol. The number of benzene rings is 2. The van der Waals surface area contributed by atoms with Crippen LogP contribution in [0.1, 0.15) is 25.0 Å². The van der Waals surface area contributed by atoms with Crippen LogP contribution in [0.15, 0.2) is 36.4 Å². The molecule has 0 aliphatic heterocycles. The van der Waals surface area contributed by atoms with Crippen molar-refractivity contribution in [3.05, 3.63) is 58.4 Å². The molecule has 2 aromatic rings. The zero-order chi connectivity index (χ0) is 15.4. The summed E-state index contributed by atoms with van der Waals surface area (Å²) in [4.78, 5) is 0. The summed E-state index contributed by atoms with van der Waals surface area (Å²) in [5.41, 5.74) is 1.57. The molecule has 0 aliphatic carbocycles. The van der Waals surface area contributed by atoms with Gasteiger partial charge in [-0.25, -0.2) is 4.39 Å². The zero-order valence-corrected chi connectivity index (χ0v) is 13.2. The summed E-state index contributed by atoms with van der Waals surface area (Å²) >= 11 is 6.03. The van der Waals surface area contributed by atoms with Gasteiger partial charge in [0.05, 0.1) is 0 Å². The molecule has 0 atom stereocenters. The number of aryl methyl sites for hydroxylation is 1. The van der Waals surface area contributed by atoms with Crippen LogP contribution in [0, 0.1) is 12.7 Å². The highest BCUT2D eigenvalue weighted by Gasteiger charge is 2.08. The maximum atomic E-state index is 13.6. The fraction of sp³-hybridized carbons (Fsp3) is 0.294. The lowest BCUT2D eigenvalue weighted by atomic mass is 10.2. The summed E-state index contributed by atoms with van der Waals surface area (Å²) in [6, 6.07) is 10.7. The van der Waals surface area contributed by atoms with Gasteiger partial charge < -0.3 is 10.1 Å². The van der Waals surface area contributed by atoms with Crippen molar-refractivity contribution in [2.24, 2.45) is 0 Å². The first-order valence-corrected chi connectivity index (χ1v) is 7.29. The van der Waals surface area contributed by atoms with Crippen LogP contribution in [-0.4, -0.2) is 6.04 Å². The Bertz CT molecular complexity index is 628. The first-order valence-electron chi connectivity index (χ1n) is 6.91. The van der Waals surface area contributed by atoms with Gasteiger partial charge in [0.1, 0.15) is 17.3 Å². The summed E-state index contributed by atoms with van der Waals surface area (Å²) in [7, 11) is 0. The number of nitrogens with one attached hydrogen (secondary N) is 1. The molecule has 0 saturated heterocycles.